The predicted octanol–water partition coefficient (Wildman–Crippen LogP) is 5.40. The lowest BCUT2D eigenvalue weighted by Gasteiger charge is -2.32. The summed E-state index contributed by atoms with van der Waals surface area (Å²) in [6.45, 7) is 16.6. The number of benzene rings is 1. The molecule has 2 aromatic rings. The van der Waals surface area contributed by atoms with Crippen LogP contribution in [0.4, 0.5) is 0 Å². The van der Waals surface area contributed by atoms with E-state index in [2.05, 4.69) is 24.6 Å². The number of carbonyl (C=O) groups is 1. The van der Waals surface area contributed by atoms with Crippen LogP contribution in [-0.2, 0) is 20.2 Å². The second kappa shape index (κ2) is 10.8. The molecule has 0 radical (unpaired) electrons. The number of nitrogens with one attached hydrogen (secondary N) is 1. The monoisotopic (exact) mass is 539 g/mol. The van der Waals surface area contributed by atoms with E-state index in [4.69, 9.17) is 4.74 Å². The lowest BCUT2D eigenvalue weighted by molar-refractivity contribution is -0.142. The van der Waals surface area contributed by atoms with Gasteiger partial charge in [0.2, 0.25) is 0 Å². The van der Waals surface area contributed by atoms with Crippen LogP contribution in [0, 0.1) is 19.3 Å². The van der Waals surface area contributed by atoms with E-state index in [9.17, 15) is 23.4 Å². The minimum absolute atomic E-state index is 0.131. The molecule has 36 heavy (non-hydrogen) atoms. The Balaban J connectivity index is 2.47. The van der Waals surface area contributed by atoms with Crippen LogP contribution in [-0.4, -0.2) is 42.8 Å². The van der Waals surface area contributed by atoms with Gasteiger partial charge < -0.3 is 14.9 Å². The molecule has 1 heterocycles. The van der Waals surface area contributed by atoms with Gasteiger partial charge in [0.25, 0.3) is 10.0 Å². The highest BCUT2D eigenvalue weighted by Crippen LogP contribution is 2.45. The normalized spacial score (nSPS) is 14.1. The van der Waals surface area contributed by atoms with E-state index >= 15 is 0 Å². The largest absolute Gasteiger partial charge is 0.491 e. The quantitative estimate of drug-likeness (QED) is 0.352. The van der Waals surface area contributed by atoms with Crippen molar-refractivity contribution >= 4 is 27.3 Å². The Kier molecular flexibility index (Phi) is 9.10. The molecule has 1 unspecified atom stereocenters. The van der Waals surface area contributed by atoms with E-state index in [0.717, 1.165) is 28.8 Å². The molecule has 0 spiro atoms. The summed E-state index contributed by atoms with van der Waals surface area (Å²) < 4.78 is 34.6. The molecule has 7 nitrogen and oxygen atoms in total. The average molecular weight is 540 g/mol. The number of aliphatic hydroxyl groups is 1. The summed E-state index contributed by atoms with van der Waals surface area (Å²) in [7, 11) is -4.03. The number of hydrogen-bond acceptors (Lipinski definition) is 6. The Bertz CT molecular complexity index is 1190. The molecule has 0 saturated heterocycles. The van der Waals surface area contributed by atoms with Crippen LogP contribution in [0.3, 0.4) is 0 Å². The number of aryl methyl sites for hydroxylation is 2. The molecule has 3 N–H and O–H groups in total. The minimum atomic E-state index is -4.03. The fourth-order valence-corrected chi connectivity index (χ4v) is 7.50. The zero-order valence-corrected chi connectivity index (χ0v) is 24.5. The number of aliphatic carboxylic acids is 1. The second-order valence-corrected chi connectivity index (χ2v) is 14.0. The molecular weight excluding hydrogens is 498 g/mol. The molecule has 202 valence electrons. The summed E-state index contributed by atoms with van der Waals surface area (Å²) in [6.07, 6.45) is 0.898. The average Bonchev–Trinajstić information content (AvgIpc) is 3.15. The topological polar surface area (TPSA) is 113 Å². The predicted molar refractivity (Wildman–Crippen MR) is 145 cm³/mol. The molecule has 0 amide bonds. The van der Waals surface area contributed by atoms with Gasteiger partial charge >= 0.3 is 5.97 Å². The first-order valence-electron chi connectivity index (χ1n) is 12.2. The first kappa shape index (κ1) is 30.3. The number of hydrogen-bond donors (Lipinski definition) is 3. The Hall–Kier alpha value is -1.94. The van der Waals surface area contributed by atoms with E-state index in [1.165, 1.54) is 25.2 Å². The van der Waals surface area contributed by atoms with Gasteiger partial charge in [-0.05, 0) is 74.8 Å². The van der Waals surface area contributed by atoms with Gasteiger partial charge in [0, 0.05) is 10.3 Å². The first-order valence-corrected chi connectivity index (χ1v) is 14.5. The number of carboxylic acids is 1. The zero-order valence-electron chi connectivity index (χ0n) is 22.9. The third-order valence-corrected chi connectivity index (χ3v) is 10.6. The Labute approximate surface area is 220 Å². The first-order chi connectivity index (χ1) is 16.4. The molecular formula is C27H41NO6S2. The number of aliphatic hydroxyl groups excluding tert-OH is 1. The summed E-state index contributed by atoms with van der Waals surface area (Å²) in [5.41, 5.74) is 0.248. The van der Waals surface area contributed by atoms with Crippen molar-refractivity contribution in [3.63, 3.8) is 0 Å². The van der Waals surface area contributed by atoms with Crippen LogP contribution in [0.1, 0.15) is 82.9 Å². The van der Waals surface area contributed by atoms with Crippen molar-refractivity contribution in [1.29, 1.82) is 0 Å². The van der Waals surface area contributed by atoms with Crippen molar-refractivity contribution < 1.29 is 28.2 Å². The molecule has 0 bridgehead atoms. The van der Waals surface area contributed by atoms with Gasteiger partial charge in [-0.15, -0.1) is 11.3 Å². The molecule has 2 rings (SSSR count). The lowest BCUT2D eigenvalue weighted by atomic mass is 9.74. The Morgan fingerprint density at radius 3 is 2.11 bits per heavy atom. The molecule has 0 fully saturated rings. The van der Waals surface area contributed by atoms with E-state index < -0.39 is 33.1 Å². The smallest absolute Gasteiger partial charge is 0.324 e. The van der Waals surface area contributed by atoms with Crippen molar-refractivity contribution in [2.24, 2.45) is 5.41 Å². The van der Waals surface area contributed by atoms with Crippen molar-refractivity contribution in [1.82, 2.24) is 4.72 Å². The van der Waals surface area contributed by atoms with Crippen LogP contribution in [0.25, 0.3) is 0 Å². The molecule has 0 aliphatic rings. The molecule has 1 aromatic carbocycles. The van der Waals surface area contributed by atoms with Gasteiger partial charge in [-0.2, -0.15) is 4.72 Å². The van der Waals surface area contributed by atoms with Gasteiger partial charge in [-0.1, -0.05) is 46.8 Å². The standard InChI is InChI=1S/C27H41NO6S2/c1-10-27(11-2,19-12-13-20(17(3)14-19)34-16-21(29)25(5,6)7)22-15-18(4)23(35-22)36(32,33)28-26(8,9)24(30)31/h12-15,21,28-29H,10-11,16H2,1-9H3,(H,30,31). The second-order valence-electron chi connectivity index (χ2n) is 11.1. The highest BCUT2D eigenvalue weighted by atomic mass is 32.2. The Morgan fingerprint density at radius 1 is 1.06 bits per heavy atom. The van der Waals surface area contributed by atoms with Crippen molar-refractivity contribution in [2.45, 2.75) is 96.4 Å². The molecule has 1 atom stereocenters. The fraction of sp³-hybridized carbons (Fsp3) is 0.593. The highest BCUT2D eigenvalue weighted by molar-refractivity contribution is 7.91. The lowest BCUT2D eigenvalue weighted by Crippen LogP contribution is -2.49. The number of rotatable bonds is 11. The van der Waals surface area contributed by atoms with Gasteiger partial charge in [-0.25, -0.2) is 8.42 Å². The summed E-state index contributed by atoms with van der Waals surface area (Å²) in [4.78, 5) is 12.4. The maximum absolute atomic E-state index is 13.1. The third-order valence-electron chi connectivity index (χ3n) is 6.84. The zero-order chi connectivity index (χ0) is 27.7. The van der Waals surface area contributed by atoms with Crippen LogP contribution in [0.5, 0.6) is 5.75 Å². The van der Waals surface area contributed by atoms with E-state index in [0.29, 0.717) is 11.3 Å². The maximum Gasteiger partial charge on any atom is 0.324 e. The minimum Gasteiger partial charge on any atom is -0.491 e. The van der Waals surface area contributed by atoms with Crippen LogP contribution >= 0.6 is 11.3 Å². The molecule has 0 aliphatic heterocycles. The molecule has 9 heteroatoms. The van der Waals surface area contributed by atoms with E-state index in [1.807, 2.05) is 45.9 Å². The highest BCUT2D eigenvalue weighted by Gasteiger charge is 2.38. The summed E-state index contributed by atoms with van der Waals surface area (Å²) >= 11 is 1.19. The van der Waals surface area contributed by atoms with Crippen molar-refractivity contribution in [3.8, 4) is 5.75 Å². The van der Waals surface area contributed by atoms with Crippen molar-refractivity contribution in [2.75, 3.05) is 6.61 Å². The van der Waals surface area contributed by atoms with Gasteiger partial charge in [0.05, 0.1) is 6.10 Å². The summed E-state index contributed by atoms with van der Waals surface area (Å²) in [6, 6.07) is 7.89. The van der Waals surface area contributed by atoms with Crippen LogP contribution in [0.2, 0.25) is 0 Å². The molecule has 0 saturated carbocycles. The third kappa shape index (κ3) is 6.30. The van der Waals surface area contributed by atoms with Crippen LogP contribution < -0.4 is 9.46 Å². The number of sulfonamides is 1. The SMILES string of the molecule is CCC(CC)(c1ccc(OCC(O)C(C)(C)C)c(C)c1)c1cc(C)c(S(=O)(=O)NC(C)(C)C(=O)O)s1. The summed E-state index contributed by atoms with van der Waals surface area (Å²) in [5.74, 6) is -0.543. The Morgan fingerprint density at radius 2 is 1.64 bits per heavy atom. The number of thiophene rings is 1. The van der Waals surface area contributed by atoms with Crippen molar-refractivity contribution in [3.05, 3.63) is 45.8 Å². The summed E-state index contributed by atoms with van der Waals surface area (Å²) in [5, 5.41) is 19.7. The number of ether oxygens (including phenoxy) is 1. The van der Waals surface area contributed by atoms with E-state index in [1.54, 1.807) is 6.92 Å². The van der Waals surface area contributed by atoms with Gasteiger partial charge in [0.1, 0.15) is 22.1 Å². The fourth-order valence-electron chi connectivity index (χ4n) is 4.07. The maximum atomic E-state index is 13.1. The molecule has 0 aliphatic carbocycles. The van der Waals surface area contributed by atoms with E-state index in [-0.39, 0.29) is 16.2 Å². The van der Waals surface area contributed by atoms with Gasteiger partial charge in [-0.3, -0.25) is 4.79 Å². The van der Waals surface area contributed by atoms with Gasteiger partial charge in [0.15, 0.2) is 0 Å². The van der Waals surface area contributed by atoms with Crippen LogP contribution in [0.15, 0.2) is 28.5 Å². The number of carboxylic acid groups (broad SMARTS) is 1. The molecule has 1 aromatic heterocycles.